The van der Waals surface area contributed by atoms with Crippen molar-refractivity contribution in [2.75, 3.05) is 0 Å². The normalized spacial score (nSPS) is 16.0. The summed E-state index contributed by atoms with van der Waals surface area (Å²) in [6.45, 7) is 25.4. The van der Waals surface area contributed by atoms with Crippen molar-refractivity contribution in [1.82, 2.24) is 4.57 Å². The molecule has 8 aromatic rings. The summed E-state index contributed by atoms with van der Waals surface area (Å²) < 4.78 is 15.4. The Bertz CT molecular complexity index is 3170. The third kappa shape index (κ3) is 5.11. The molecule has 4 nitrogen and oxygen atoms in total. The SMILES string of the molecule is Cc1ccc(-c2cc[n+]3c(c2)-c2cc(C(C)(C)C)cc4c2C32Oc3c(C)cc(C)cc3-c3n(-c5ccc(C(C)(C)C(C)(C)C)cc5-c5ccccc5)c5cccc-4c5[n+]32)cc1. The van der Waals surface area contributed by atoms with Gasteiger partial charge in [-0.15, -0.1) is 9.13 Å². The van der Waals surface area contributed by atoms with Crippen LogP contribution in [0.3, 0.4) is 0 Å². The van der Waals surface area contributed by atoms with Crippen LogP contribution >= 0.6 is 0 Å². The molecule has 2 aromatic heterocycles. The van der Waals surface area contributed by atoms with Crippen LogP contribution in [0.25, 0.3) is 72.7 Å². The molecule has 0 radical (unpaired) electrons. The van der Waals surface area contributed by atoms with Gasteiger partial charge in [-0.05, 0) is 118 Å². The molecule has 1 atom stereocenters. The van der Waals surface area contributed by atoms with Crippen molar-refractivity contribution in [1.29, 1.82) is 0 Å². The Morgan fingerprint density at radius 3 is 2.00 bits per heavy atom. The van der Waals surface area contributed by atoms with Crippen LogP contribution in [0.15, 0.2) is 134 Å². The van der Waals surface area contributed by atoms with Crippen LogP contribution in [0.2, 0.25) is 0 Å². The first-order valence-corrected chi connectivity index (χ1v) is 21.9. The topological polar surface area (TPSA) is 21.9 Å². The predicted octanol–water partition coefficient (Wildman–Crippen LogP) is 13.3. The first-order chi connectivity index (χ1) is 29.0. The van der Waals surface area contributed by atoms with Crippen molar-refractivity contribution in [3.8, 4) is 67.5 Å². The molecule has 302 valence electrons. The second kappa shape index (κ2) is 12.4. The van der Waals surface area contributed by atoms with Crippen LogP contribution in [0.5, 0.6) is 5.75 Å². The second-order valence-electron chi connectivity index (χ2n) is 20.5. The van der Waals surface area contributed by atoms with E-state index in [9.17, 15) is 0 Å². The molecule has 0 bridgehead atoms. The smallest absolute Gasteiger partial charge is 0.392 e. The fourth-order valence-electron chi connectivity index (χ4n) is 10.3. The third-order valence-corrected chi connectivity index (χ3v) is 14.6. The van der Waals surface area contributed by atoms with Gasteiger partial charge in [0.1, 0.15) is 16.8 Å². The highest BCUT2D eigenvalue weighted by Crippen LogP contribution is 2.55. The summed E-state index contributed by atoms with van der Waals surface area (Å²) in [5.41, 5.74) is 21.5. The number of aryl methyl sites for hydroxylation is 3. The number of ether oxygens (including phenoxy) is 1. The van der Waals surface area contributed by atoms with Crippen molar-refractivity contribution in [2.45, 2.75) is 92.8 Å². The number of para-hydroxylation sites is 1. The predicted molar refractivity (Wildman–Crippen MR) is 249 cm³/mol. The zero-order valence-electron chi connectivity index (χ0n) is 37.5. The molecular formula is C57H55N3O+2. The van der Waals surface area contributed by atoms with Gasteiger partial charge in [0, 0.05) is 28.8 Å². The first kappa shape index (κ1) is 37.7. The van der Waals surface area contributed by atoms with Gasteiger partial charge < -0.3 is 4.74 Å². The molecule has 0 amide bonds. The van der Waals surface area contributed by atoms with Crippen molar-refractivity contribution in [3.63, 3.8) is 0 Å². The third-order valence-electron chi connectivity index (χ3n) is 14.6. The highest BCUT2D eigenvalue weighted by Gasteiger charge is 2.69. The summed E-state index contributed by atoms with van der Waals surface area (Å²) >= 11 is 0. The molecule has 5 heterocycles. The van der Waals surface area contributed by atoms with E-state index >= 15 is 0 Å². The molecule has 0 N–H and O–H groups in total. The van der Waals surface area contributed by atoms with Gasteiger partial charge in [-0.25, -0.2) is 0 Å². The Hall–Kier alpha value is -6.26. The quantitative estimate of drug-likeness (QED) is 0.163. The number of rotatable bonds is 4. The lowest BCUT2D eigenvalue weighted by molar-refractivity contribution is -0.997. The lowest BCUT2D eigenvalue weighted by Gasteiger charge is -2.39. The molecule has 0 aliphatic carbocycles. The highest BCUT2D eigenvalue weighted by atomic mass is 16.5. The second-order valence-corrected chi connectivity index (χ2v) is 20.5. The highest BCUT2D eigenvalue weighted by molar-refractivity contribution is 5.98. The maximum Gasteiger partial charge on any atom is 0.499 e. The van der Waals surface area contributed by atoms with Crippen LogP contribution in [-0.4, -0.2) is 4.57 Å². The van der Waals surface area contributed by atoms with E-state index in [0.29, 0.717) is 0 Å². The van der Waals surface area contributed by atoms with Gasteiger partial charge in [0.15, 0.2) is 23.0 Å². The van der Waals surface area contributed by atoms with E-state index in [1.807, 2.05) is 0 Å². The zero-order chi connectivity index (χ0) is 42.5. The van der Waals surface area contributed by atoms with Gasteiger partial charge in [-0.3, -0.25) is 0 Å². The number of fused-ring (bicyclic) bond motifs is 5. The molecule has 61 heavy (non-hydrogen) atoms. The molecule has 3 aliphatic heterocycles. The molecule has 0 fully saturated rings. The lowest BCUT2D eigenvalue weighted by Crippen LogP contribution is -2.78. The van der Waals surface area contributed by atoms with E-state index in [-0.39, 0.29) is 16.2 Å². The summed E-state index contributed by atoms with van der Waals surface area (Å²) in [5, 5.41) is 0. The van der Waals surface area contributed by atoms with E-state index in [1.54, 1.807) is 0 Å². The lowest BCUT2D eigenvalue weighted by atomic mass is 9.65. The van der Waals surface area contributed by atoms with Crippen molar-refractivity contribution in [2.24, 2.45) is 5.41 Å². The molecule has 1 unspecified atom stereocenters. The van der Waals surface area contributed by atoms with Crippen LogP contribution in [-0.2, 0) is 16.7 Å². The van der Waals surface area contributed by atoms with E-state index in [0.717, 1.165) is 39.6 Å². The molecule has 6 aromatic carbocycles. The Morgan fingerprint density at radius 1 is 0.557 bits per heavy atom. The van der Waals surface area contributed by atoms with E-state index < -0.39 is 5.85 Å². The zero-order valence-corrected chi connectivity index (χ0v) is 37.5. The fraction of sp³-hybridized carbons (Fsp3) is 0.263. The van der Waals surface area contributed by atoms with Crippen LogP contribution in [0, 0.1) is 26.2 Å². The Balaban J connectivity index is 1.32. The van der Waals surface area contributed by atoms with Crippen molar-refractivity contribution < 1.29 is 13.9 Å². The molecule has 11 rings (SSSR count). The van der Waals surface area contributed by atoms with Gasteiger partial charge in [0.05, 0.1) is 5.56 Å². The van der Waals surface area contributed by atoms with Gasteiger partial charge in [0.25, 0.3) is 0 Å². The number of imidazole rings is 1. The number of benzene rings is 6. The Kier molecular flexibility index (Phi) is 7.67. The number of hydrogen-bond donors (Lipinski definition) is 0. The molecule has 0 saturated carbocycles. The van der Waals surface area contributed by atoms with Gasteiger partial charge in [-0.1, -0.05) is 134 Å². The summed E-state index contributed by atoms with van der Waals surface area (Å²) in [6.07, 6.45) is 2.28. The van der Waals surface area contributed by atoms with E-state index in [1.165, 1.54) is 72.3 Å². The average molecular weight is 798 g/mol. The molecule has 1 spiro atoms. The van der Waals surface area contributed by atoms with Gasteiger partial charge in [-0.2, -0.15) is 4.57 Å². The van der Waals surface area contributed by atoms with E-state index in [4.69, 9.17) is 4.74 Å². The number of aromatic nitrogens is 3. The summed E-state index contributed by atoms with van der Waals surface area (Å²) in [6, 6.07) is 48.2. The summed E-state index contributed by atoms with van der Waals surface area (Å²) in [5.74, 6) is 1.02. The summed E-state index contributed by atoms with van der Waals surface area (Å²) in [4.78, 5) is 0. The molecule has 3 aliphatic rings. The van der Waals surface area contributed by atoms with Crippen LogP contribution in [0.4, 0.5) is 0 Å². The Labute approximate surface area is 360 Å². The molecule has 4 heteroatoms. The van der Waals surface area contributed by atoms with E-state index in [2.05, 4.69) is 223 Å². The van der Waals surface area contributed by atoms with Gasteiger partial charge in [0.2, 0.25) is 5.69 Å². The number of pyridine rings is 1. The molecular weight excluding hydrogens is 743 g/mol. The minimum atomic E-state index is -1.02. The minimum Gasteiger partial charge on any atom is -0.392 e. The van der Waals surface area contributed by atoms with Crippen LogP contribution in [0.1, 0.15) is 88.8 Å². The Morgan fingerprint density at radius 2 is 1.28 bits per heavy atom. The standard InChI is InChI=1S/C57H55N3O/c1-34-20-22-37(23-21-34)39-26-27-58-49(30-39)45-33-41(54(4,5)6)32-44-42-18-15-19-48-51(42)60-53(46-29-35(2)28-36(3)52(46)61-57(58,60)50(44)45)59(48)47-25-24-40(56(10,11)55(7,8)9)31-43(47)38-16-13-12-14-17-38/h12-33H,1-11H3/q+2. The number of nitrogens with zero attached hydrogens (tertiary/aromatic N) is 3. The largest absolute Gasteiger partial charge is 0.499 e. The summed E-state index contributed by atoms with van der Waals surface area (Å²) in [7, 11) is 0. The van der Waals surface area contributed by atoms with Crippen molar-refractivity contribution in [3.05, 3.63) is 167 Å². The fourth-order valence-corrected chi connectivity index (χ4v) is 10.3. The van der Waals surface area contributed by atoms with Gasteiger partial charge >= 0.3 is 11.7 Å². The maximum absolute atomic E-state index is 7.85. The monoisotopic (exact) mass is 797 g/mol. The van der Waals surface area contributed by atoms with Crippen LogP contribution < -0.4 is 13.9 Å². The number of hydrogen-bond acceptors (Lipinski definition) is 1. The minimum absolute atomic E-state index is 0.0464. The first-order valence-electron chi connectivity index (χ1n) is 21.9. The maximum atomic E-state index is 7.85. The average Bonchev–Trinajstić information content (AvgIpc) is 3.72. The molecule has 0 saturated heterocycles. The van der Waals surface area contributed by atoms with Crippen molar-refractivity contribution >= 4 is 11.0 Å².